The summed E-state index contributed by atoms with van der Waals surface area (Å²) in [7, 11) is 0. The Morgan fingerprint density at radius 3 is 2.71 bits per heavy atom. The minimum absolute atomic E-state index is 0.00219. The molecule has 28 heavy (non-hydrogen) atoms. The molecule has 1 aliphatic heterocycles. The number of rotatable bonds is 7. The average molecular weight is 374 g/mol. The molecule has 0 spiro atoms. The summed E-state index contributed by atoms with van der Waals surface area (Å²) in [4.78, 5) is 4.50. The first-order chi connectivity index (χ1) is 13.7. The van der Waals surface area contributed by atoms with Crippen LogP contribution in [0, 0.1) is 0 Å². The van der Waals surface area contributed by atoms with Crippen LogP contribution >= 0.6 is 0 Å². The molecular formula is C23H26N4O. The highest BCUT2D eigenvalue weighted by Gasteiger charge is 2.34. The summed E-state index contributed by atoms with van der Waals surface area (Å²) >= 11 is 0. The Bertz CT molecular complexity index is 915. The van der Waals surface area contributed by atoms with Crippen molar-refractivity contribution in [3.63, 3.8) is 0 Å². The second-order valence-corrected chi connectivity index (χ2v) is 7.32. The molecule has 1 aromatic heterocycles. The average Bonchev–Trinajstić information content (AvgIpc) is 3.10. The van der Waals surface area contributed by atoms with Crippen molar-refractivity contribution in [3.8, 4) is 0 Å². The third-order valence-electron chi connectivity index (χ3n) is 5.34. The van der Waals surface area contributed by atoms with Crippen LogP contribution in [0.15, 0.2) is 72.9 Å². The zero-order chi connectivity index (χ0) is 19.3. The number of nitrogens with one attached hydrogen (secondary N) is 2. The molecule has 3 aromatic rings. The van der Waals surface area contributed by atoms with E-state index in [0.717, 1.165) is 17.9 Å². The Morgan fingerprint density at radius 2 is 1.93 bits per heavy atom. The van der Waals surface area contributed by atoms with Gasteiger partial charge in [0.05, 0.1) is 12.6 Å². The minimum Gasteiger partial charge on any atom is -0.399 e. The Hall–Kier alpha value is -2.89. The number of nitrogen functional groups attached to an aromatic ring is 1. The van der Waals surface area contributed by atoms with Gasteiger partial charge >= 0.3 is 0 Å². The summed E-state index contributed by atoms with van der Waals surface area (Å²) < 4.78 is 0. The van der Waals surface area contributed by atoms with E-state index in [1.54, 1.807) is 0 Å². The van der Waals surface area contributed by atoms with E-state index in [9.17, 15) is 5.11 Å². The van der Waals surface area contributed by atoms with Crippen LogP contribution in [0.25, 0.3) is 0 Å². The Kier molecular flexibility index (Phi) is 5.55. The van der Waals surface area contributed by atoms with Gasteiger partial charge in [0.1, 0.15) is 5.82 Å². The molecule has 4 rings (SSSR count). The van der Waals surface area contributed by atoms with Gasteiger partial charge in [0.25, 0.3) is 0 Å². The third-order valence-corrected chi connectivity index (χ3v) is 5.34. The van der Waals surface area contributed by atoms with Crippen LogP contribution in [-0.2, 0) is 6.42 Å². The number of benzene rings is 2. The van der Waals surface area contributed by atoms with Crippen molar-refractivity contribution in [2.45, 2.75) is 24.4 Å². The maximum Gasteiger partial charge on any atom is 0.130 e. The lowest BCUT2D eigenvalue weighted by Crippen LogP contribution is -2.42. The van der Waals surface area contributed by atoms with E-state index in [1.165, 1.54) is 16.7 Å². The van der Waals surface area contributed by atoms with Gasteiger partial charge in [0.15, 0.2) is 0 Å². The number of nitrogens with zero attached hydrogens (tertiary/aromatic N) is 1. The van der Waals surface area contributed by atoms with Crippen molar-refractivity contribution < 1.29 is 5.11 Å². The molecule has 5 N–H and O–H groups in total. The standard InChI is InChI=1S/C23H26N4O/c24-18-9-4-8-17(13-18)22-20-10-5-11-25-23(20)27-21(22)14-26-19(15-28)12-16-6-2-1-3-7-16/h1-11,13,19,21-22,26,28H,12,14-15,24H2,(H,25,27). The second kappa shape index (κ2) is 8.42. The van der Waals surface area contributed by atoms with Crippen molar-refractivity contribution in [2.75, 3.05) is 24.2 Å². The predicted octanol–water partition coefficient (Wildman–Crippen LogP) is 2.78. The highest BCUT2D eigenvalue weighted by atomic mass is 16.3. The van der Waals surface area contributed by atoms with E-state index in [-0.39, 0.29) is 24.6 Å². The smallest absolute Gasteiger partial charge is 0.130 e. The van der Waals surface area contributed by atoms with E-state index >= 15 is 0 Å². The molecule has 0 saturated heterocycles. The molecule has 3 atom stereocenters. The Morgan fingerprint density at radius 1 is 1.07 bits per heavy atom. The molecule has 0 saturated carbocycles. The van der Waals surface area contributed by atoms with Gasteiger partial charge in [-0.25, -0.2) is 4.98 Å². The lowest BCUT2D eigenvalue weighted by Gasteiger charge is -2.24. The van der Waals surface area contributed by atoms with Gasteiger partial charge in [0, 0.05) is 36.0 Å². The summed E-state index contributed by atoms with van der Waals surface area (Å²) in [5.74, 6) is 1.08. The van der Waals surface area contributed by atoms with Crippen molar-refractivity contribution in [2.24, 2.45) is 0 Å². The topological polar surface area (TPSA) is 83.2 Å². The number of pyridine rings is 1. The SMILES string of the molecule is Nc1cccc(C2c3cccnc3NC2CNC(CO)Cc2ccccc2)c1. The van der Waals surface area contributed by atoms with Gasteiger partial charge in [-0.1, -0.05) is 48.5 Å². The molecule has 0 aliphatic carbocycles. The quantitative estimate of drug-likeness (QED) is 0.478. The molecule has 5 nitrogen and oxygen atoms in total. The highest BCUT2D eigenvalue weighted by molar-refractivity contribution is 5.59. The van der Waals surface area contributed by atoms with Gasteiger partial charge in [-0.05, 0) is 35.7 Å². The first kappa shape index (κ1) is 18.5. The summed E-state index contributed by atoms with van der Waals surface area (Å²) in [5.41, 5.74) is 10.4. The highest BCUT2D eigenvalue weighted by Crippen LogP contribution is 2.39. The number of anilines is 2. The second-order valence-electron chi connectivity index (χ2n) is 7.32. The van der Waals surface area contributed by atoms with Gasteiger partial charge in [0.2, 0.25) is 0 Å². The monoisotopic (exact) mass is 374 g/mol. The largest absolute Gasteiger partial charge is 0.399 e. The number of nitrogens with two attached hydrogens (primary N) is 1. The van der Waals surface area contributed by atoms with Gasteiger partial charge in [-0.2, -0.15) is 0 Å². The van der Waals surface area contributed by atoms with Crippen LogP contribution < -0.4 is 16.4 Å². The maximum atomic E-state index is 9.84. The van der Waals surface area contributed by atoms with Gasteiger partial charge in [-0.3, -0.25) is 0 Å². The van der Waals surface area contributed by atoms with Crippen LogP contribution in [0.3, 0.4) is 0 Å². The molecule has 0 bridgehead atoms. The molecule has 144 valence electrons. The fourth-order valence-electron chi connectivity index (χ4n) is 3.99. The molecule has 5 heteroatoms. The van der Waals surface area contributed by atoms with Crippen LogP contribution in [0.5, 0.6) is 0 Å². The van der Waals surface area contributed by atoms with Crippen LogP contribution in [0.1, 0.15) is 22.6 Å². The summed E-state index contributed by atoms with van der Waals surface area (Å²) in [6.07, 6.45) is 2.60. The predicted molar refractivity (Wildman–Crippen MR) is 113 cm³/mol. The van der Waals surface area contributed by atoms with Crippen LogP contribution in [-0.4, -0.2) is 35.3 Å². The number of aromatic nitrogens is 1. The molecule has 0 fully saturated rings. The number of aliphatic hydroxyl groups excluding tert-OH is 1. The zero-order valence-electron chi connectivity index (χ0n) is 15.8. The summed E-state index contributed by atoms with van der Waals surface area (Å²) in [5, 5.41) is 16.9. The number of hydrogen-bond acceptors (Lipinski definition) is 5. The molecular weight excluding hydrogens is 348 g/mol. The van der Waals surface area contributed by atoms with E-state index in [1.807, 2.05) is 48.7 Å². The molecule has 3 unspecified atom stereocenters. The normalized spacial score (nSPS) is 19.0. The first-order valence-corrected chi connectivity index (χ1v) is 9.69. The van der Waals surface area contributed by atoms with E-state index in [0.29, 0.717) is 6.54 Å². The zero-order valence-corrected chi connectivity index (χ0v) is 15.8. The fourth-order valence-corrected chi connectivity index (χ4v) is 3.99. The van der Waals surface area contributed by atoms with E-state index in [4.69, 9.17) is 5.73 Å². The van der Waals surface area contributed by atoms with Gasteiger partial charge < -0.3 is 21.5 Å². The number of hydrogen-bond donors (Lipinski definition) is 4. The van der Waals surface area contributed by atoms with E-state index < -0.39 is 0 Å². The number of fused-ring (bicyclic) bond motifs is 1. The van der Waals surface area contributed by atoms with Crippen LogP contribution in [0.4, 0.5) is 11.5 Å². The molecule has 1 aliphatic rings. The molecule has 2 aromatic carbocycles. The molecule has 0 amide bonds. The summed E-state index contributed by atoms with van der Waals surface area (Å²) in [6.45, 7) is 0.809. The lowest BCUT2D eigenvalue weighted by atomic mass is 9.88. The lowest BCUT2D eigenvalue weighted by molar-refractivity contribution is 0.240. The minimum atomic E-state index is 0.00219. The third kappa shape index (κ3) is 4.01. The first-order valence-electron chi connectivity index (χ1n) is 9.69. The Labute approximate surface area is 165 Å². The van der Waals surface area contributed by atoms with Crippen molar-refractivity contribution in [1.82, 2.24) is 10.3 Å². The molecule has 2 heterocycles. The van der Waals surface area contributed by atoms with Crippen molar-refractivity contribution in [3.05, 3.63) is 89.6 Å². The van der Waals surface area contributed by atoms with E-state index in [2.05, 4.69) is 39.9 Å². The van der Waals surface area contributed by atoms with Gasteiger partial charge in [-0.15, -0.1) is 0 Å². The van der Waals surface area contributed by atoms with Crippen molar-refractivity contribution in [1.29, 1.82) is 0 Å². The fraction of sp³-hybridized carbons (Fsp3) is 0.261. The molecule has 0 radical (unpaired) electrons. The maximum absolute atomic E-state index is 9.84. The number of aliphatic hydroxyl groups is 1. The van der Waals surface area contributed by atoms with Crippen molar-refractivity contribution >= 4 is 11.5 Å². The summed E-state index contributed by atoms with van der Waals surface area (Å²) in [6, 6.07) is 22.5. The van der Waals surface area contributed by atoms with Crippen LogP contribution in [0.2, 0.25) is 0 Å². The Balaban J connectivity index is 1.51.